The third kappa shape index (κ3) is 5.37. The highest BCUT2D eigenvalue weighted by Crippen LogP contribution is 2.27. The van der Waals surface area contributed by atoms with Gasteiger partial charge in [-0.1, -0.05) is 0 Å². The average Bonchev–Trinajstić information content (AvgIpc) is 3.07. The number of benzene rings is 1. The molecule has 0 unspecified atom stereocenters. The minimum atomic E-state index is -3.66. The van der Waals surface area contributed by atoms with Gasteiger partial charge >= 0.3 is 12.1 Å². The van der Waals surface area contributed by atoms with E-state index < -0.39 is 27.5 Å². The van der Waals surface area contributed by atoms with Gasteiger partial charge in [0.15, 0.2) is 9.84 Å². The Balaban J connectivity index is 2.12. The van der Waals surface area contributed by atoms with Gasteiger partial charge in [0.05, 0.1) is 24.9 Å². The van der Waals surface area contributed by atoms with Gasteiger partial charge < -0.3 is 19.1 Å². The summed E-state index contributed by atoms with van der Waals surface area (Å²) in [6, 6.07) is 4.10. The topological polar surface area (TPSA) is 99.2 Å². The Morgan fingerprint density at radius 2 is 1.89 bits per heavy atom. The Morgan fingerprint density at radius 1 is 1.21 bits per heavy atom. The summed E-state index contributed by atoms with van der Waals surface area (Å²) in [4.78, 5) is 25.6. The maximum Gasteiger partial charge on any atom is 0.410 e. The molecule has 1 atom stereocenters. The molecule has 28 heavy (non-hydrogen) atoms. The second-order valence-electron chi connectivity index (χ2n) is 7.72. The molecule has 156 valence electrons. The molecule has 1 aliphatic rings. The van der Waals surface area contributed by atoms with E-state index in [0.29, 0.717) is 19.5 Å². The summed E-state index contributed by atoms with van der Waals surface area (Å²) < 4.78 is 40.8. The van der Waals surface area contributed by atoms with Crippen LogP contribution in [-0.4, -0.2) is 64.0 Å². The lowest BCUT2D eigenvalue weighted by atomic mass is 10.2. The SMILES string of the molecule is COC(=O)c1cc(S(=O)(=O)C[C@H]2CCN(C(=O)OC(C)(C)C)C2)ccc1OC. The molecule has 0 saturated carbocycles. The van der Waals surface area contributed by atoms with Crippen molar-refractivity contribution in [2.75, 3.05) is 33.1 Å². The van der Waals surface area contributed by atoms with Crippen LogP contribution in [0.1, 0.15) is 37.6 Å². The Morgan fingerprint density at radius 3 is 2.46 bits per heavy atom. The summed E-state index contributed by atoms with van der Waals surface area (Å²) in [5, 5.41) is 0. The van der Waals surface area contributed by atoms with E-state index in [9.17, 15) is 18.0 Å². The van der Waals surface area contributed by atoms with Crippen LogP contribution in [0.2, 0.25) is 0 Å². The number of rotatable bonds is 5. The zero-order valence-corrected chi connectivity index (χ0v) is 17.7. The van der Waals surface area contributed by atoms with Crippen molar-refractivity contribution in [3.05, 3.63) is 23.8 Å². The molecule has 1 aromatic carbocycles. The van der Waals surface area contributed by atoms with Gasteiger partial charge in [-0.25, -0.2) is 18.0 Å². The molecule has 2 rings (SSSR count). The minimum Gasteiger partial charge on any atom is -0.496 e. The summed E-state index contributed by atoms with van der Waals surface area (Å²) in [5.41, 5.74) is -0.554. The van der Waals surface area contributed by atoms with Gasteiger partial charge in [-0.3, -0.25) is 0 Å². The fraction of sp³-hybridized carbons (Fsp3) is 0.579. The van der Waals surface area contributed by atoms with Gasteiger partial charge in [0.2, 0.25) is 0 Å². The van der Waals surface area contributed by atoms with E-state index in [0.717, 1.165) is 0 Å². The monoisotopic (exact) mass is 413 g/mol. The first kappa shape index (κ1) is 22.0. The fourth-order valence-electron chi connectivity index (χ4n) is 3.02. The number of esters is 1. The zero-order chi connectivity index (χ0) is 21.1. The van der Waals surface area contributed by atoms with Crippen molar-refractivity contribution in [2.45, 2.75) is 37.7 Å². The first-order valence-corrected chi connectivity index (χ1v) is 10.6. The van der Waals surface area contributed by atoms with Crippen molar-refractivity contribution in [1.82, 2.24) is 4.90 Å². The van der Waals surface area contributed by atoms with E-state index in [4.69, 9.17) is 9.47 Å². The van der Waals surface area contributed by atoms with Crippen LogP contribution < -0.4 is 4.74 Å². The first-order valence-electron chi connectivity index (χ1n) is 8.94. The number of carbonyl (C=O) groups excluding carboxylic acids is 2. The summed E-state index contributed by atoms with van der Waals surface area (Å²) in [6.45, 7) is 6.11. The Labute approximate surface area is 165 Å². The number of carbonyl (C=O) groups is 2. The molecule has 1 heterocycles. The van der Waals surface area contributed by atoms with E-state index >= 15 is 0 Å². The van der Waals surface area contributed by atoms with Gasteiger partial charge in [-0.15, -0.1) is 0 Å². The van der Waals surface area contributed by atoms with Crippen LogP contribution in [0.25, 0.3) is 0 Å². The Bertz CT molecular complexity index is 842. The van der Waals surface area contributed by atoms with Crippen LogP contribution in [-0.2, 0) is 19.3 Å². The second-order valence-corrected chi connectivity index (χ2v) is 9.75. The highest BCUT2D eigenvalue weighted by Gasteiger charge is 2.33. The molecule has 1 aliphatic heterocycles. The van der Waals surface area contributed by atoms with Gasteiger partial charge in [-0.05, 0) is 51.3 Å². The van der Waals surface area contributed by atoms with E-state index in [2.05, 4.69) is 4.74 Å². The second kappa shape index (κ2) is 8.38. The third-order valence-electron chi connectivity index (χ3n) is 4.33. The van der Waals surface area contributed by atoms with E-state index in [1.54, 1.807) is 20.8 Å². The van der Waals surface area contributed by atoms with E-state index in [1.807, 2.05) is 0 Å². The van der Waals surface area contributed by atoms with Crippen LogP contribution >= 0.6 is 0 Å². The number of sulfone groups is 1. The van der Waals surface area contributed by atoms with Crippen molar-refractivity contribution in [2.24, 2.45) is 5.92 Å². The standard InChI is InChI=1S/C19H27NO7S/c1-19(2,3)27-18(22)20-9-8-13(11-20)12-28(23,24)14-6-7-16(25-4)15(10-14)17(21)26-5/h6-7,10,13H,8-9,11-12H2,1-5H3/t13-/m0/s1. The molecule has 8 nitrogen and oxygen atoms in total. The van der Waals surface area contributed by atoms with Crippen molar-refractivity contribution >= 4 is 21.9 Å². The number of hydrogen-bond acceptors (Lipinski definition) is 7. The smallest absolute Gasteiger partial charge is 0.410 e. The van der Waals surface area contributed by atoms with Crippen LogP contribution in [0.15, 0.2) is 23.1 Å². The van der Waals surface area contributed by atoms with Gasteiger partial charge in [0.1, 0.15) is 16.9 Å². The molecule has 1 aromatic rings. The van der Waals surface area contributed by atoms with Gasteiger partial charge in [-0.2, -0.15) is 0 Å². The fourth-order valence-corrected chi connectivity index (χ4v) is 4.68. The largest absolute Gasteiger partial charge is 0.496 e. The third-order valence-corrected chi connectivity index (χ3v) is 6.21. The predicted octanol–water partition coefficient (Wildman–Crippen LogP) is 2.51. The number of amides is 1. The highest BCUT2D eigenvalue weighted by molar-refractivity contribution is 7.91. The summed E-state index contributed by atoms with van der Waals surface area (Å²) >= 11 is 0. The predicted molar refractivity (Wildman–Crippen MR) is 102 cm³/mol. The lowest BCUT2D eigenvalue weighted by molar-refractivity contribution is 0.0289. The molecular formula is C19H27NO7S. The van der Waals surface area contributed by atoms with Gasteiger partial charge in [0, 0.05) is 13.1 Å². The molecule has 0 radical (unpaired) electrons. The summed E-state index contributed by atoms with van der Waals surface area (Å²) in [5.74, 6) is -0.769. The minimum absolute atomic E-state index is 0.0180. The molecule has 1 saturated heterocycles. The van der Waals surface area contributed by atoms with Crippen LogP contribution in [0, 0.1) is 5.92 Å². The van der Waals surface area contributed by atoms with Crippen molar-refractivity contribution in [1.29, 1.82) is 0 Å². The van der Waals surface area contributed by atoms with Crippen molar-refractivity contribution in [3.8, 4) is 5.75 Å². The molecule has 9 heteroatoms. The molecule has 0 spiro atoms. The zero-order valence-electron chi connectivity index (χ0n) is 16.9. The Hall–Kier alpha value is -2.29. The quantitative estimate of drug-likeness (QED) is 0.684. The van der Waals surface area contributed by atoms with E-state index in [-0.39, 0.29) is 27.9 Å². The van der Waals surface area contributed by atoms with Crippen molar-refractivity contribution in [3.63, 3.8) is 0 Å². The van der Waals surface area contributed by atoms with E-state index in [1.165, 1.54) is 37.3 Å². The van der Waals surface area contributed by atoms with Crippen LogP contribution in [0.3, 0.4) is 0 Å². The average molecular weight is 413 g/mol. The molecule has 0 N–H and O–H groups in total. The lowest BCUT2D eigenvalue weighted by Gasteiger charge is -2.24. The van der Waals surface area contributed by atoms with Crippen molar-refractivity contribution < 1.29 is 32.2 Å². The lowest BCUT2D eigenvalue weighted by Crippen LogP contribution is -2.35. The first-order chi connectivity index (χ1) is 13.0. The number of nitrogens with zero attached hydrogens (tertiary/aromatic N) is 1. The molecule has 0 aromatic heterocycles. The molecule has 0 bridgehead atoms. The molecule has 0 aliphatic carbocycles. The van der Waals surface area contributed by atoms with Gasteiger partial charge in [0.25, 0.3) is 0 Å². The van der Waals surface area contributed by atoms with Crippen LogP contribution in [0.4, 0.5) is 4.79 Å². The summed E-state index contributed by atoms with van der Waals surface area (Å²) in [7, 11) is -1.06. The maximum absolute atomic E-state index is 12.8. The molecule has 1 fully saturated rings. The maximum atomic E-state index is 12.8. The van der Waals surface area contributed by atoms with Crippen LogP contribution in [0.5, 0.6) is 5.75 Å². The number of likely N-dealkylation sites (tertiary alicyclic amines) is 1. The number of hydrogen-bond donors (Lipinski definition) is 0. The highest BCUT2D eigenvalue weighted by atomic mass is 32.2. The Kier molecular flexibility index (Phi) is 6.59. The number of ether oxygens (including phenoxy) is 3. The molecule has 1 amide bonds. The normalized spacial score (nSPS) is 17.3. The summed E-state index contributed by atoms with van der Waals surface area (Å²) in [6.07, 6.45) is 0.128. The molecular weight excluding hydrogens is 386 g/mol. The number of methoxy groups -OCH3 is 2.